The van der Waals surface area contributed by atoms with Crippen LogP contribution in [0.1, 0.15) is 25.0 Å². The van der Waals surface area contributed by atoms with Gasteiger partial charge in [0.2, 0.25) is 5.91 Å². The topological polar surface area (TPSA) is 66.9 Å². The summed E-state index contributed by atoms with van der Waals surface area (Å²) in [6, 6.07) is -0.358. The summed E-state index contributed by atoms with van der Waals surface area (Å²) in [6.07, 6.45) is 0. The van der Waals surface area contributed by atoms with Crippen LogP contribution >= 0.6 is 11.6 Å². The Hall–Kier alpha value is -1.36. The average molecular weight is 257 g/mol. The summed E-state index contributed by atoms with van der Waals surface area (Å²) in [7, 11) is 0. The summed E-state index contributed by atoms with van der Waals surface area (Å²) in [5.74, 6) is 0.520. The first-order chi connectivity index (χ1) is 7.97. The molecule has 0 saturated carbocycles. The van der Waals surface area contributed by atoms with Gasteiger partial charge >= 0.3 is 0 Å². The highest BCUT2D eigenvalue weighted by molar-refractivity contribution is 6.30. The van der Waals surface area contributed by atoms with Crippen LogP contribution in [-0.2, 0) is 4.79 Å². The van der Waals surface area contributed by atoms with Crippen molar-refractivity contribution in [2.75, 3.05) is 11.9 Å². The number of likely N-dealkylation sites (N-methyl/N-ethyl adjacent to an activating group) is 1. The molecule has 94 valence electrons. The van der Waals surface area contributed by atoms with Crippen LogP contribution in [0.4, 0.5) is 5.82 Å². The van der Waals surface area contributed by atoms with Crippen molar-refractivity contribution in [1.29, 1.82) is 0 Å². The van der Waals surface area contributed by atoms with E-state index >= 15 is 0 Å². The van der Waals surface area contributed by atoms with Crippen molar-refractivity contribution in [3.8, 4) is 0 Å². The molecule has 0 saturated heterocycles. The van der Waals surface area contributed by atoms with E-state index in [1.807, 2.05) is 20.8 Å². The fraction of sp³-hybridized carbons (Fsp3) is 0.545. The second kappa shape index (κ2) is 5.82. The Bertz CT molecular complexity index is 422. The normalized spacial score (nSPS) is 12.1. The van der Waals surface area contributed by atoms with E-state index < -0.39 is 0 Å². The predicted octanol–water partition coefficient (Wildman–Crippen LogP) is 1.68. The number of hydrogen-bond donors (Lipinski definition) is 2. The monoisotopic (exact) mass is 256 g/mol. The number of carbonyl (C=O) groups excluding carboxylic acids is 1. The van der Waals surface area contributed by atoms with Gasteiger partial charge in [0, 0.05) is 6.54 Å². The minimum atomic E-state index is -0.358. The lowest BCUT2D eigenvalue weighted by Crippen LogP contribution is -2.37. The van der Waals surface area contributed by atoms with Crippen molar-refractivity contribution in [2.45, 2.75) is 33.7 Å². The molecule has 0 aliphatic rings. The summed E-state index contributed by atoms with van der Waals surface area (Å²) < 4.78 is 0. The lowest BCUT2D eigenvalue weighted by molar-refractivity contribution is -0.121. The maximum Gasteiger partial charge on any atom is 0.242 e. The molecule has 0 fully saturated rings. The number of nitrogens with zero attached hydrogens (tertiary/aromatic N) is 2. The lowest BCUT2D eigenvalue weighted by atomic mass is 10.2. The summed E-state index contributed by atoms with van der Waals surface area (Å²) in [5, 5.41) is 13.9. The van der Waals surface area contributed by atoms with Gasteiger partial charge in [-0.15, -0.1) is 10.2 Å². The van der Waals surface area contributed by atoms with E-state index in [1.54, 1.807) is 6.92 Å². The van der Waals surface area contributed by atoms with Crippen LogP contribution in [-0.4, -0.2) is 28.7 Å². The Labute approximate surface area is 106 Å². The molecule has 1 atom stereocenters. The Morgan fingerprint density at radius 2 is 2.00 bits per heavy atom. The minimum Gasteiger partial charge on any atom is -0.357 e. The molecule has 0 aliphatic heterocycles. The van der Waals surface area contributed by atoms with Crippen LogP contribution in [0.3, 0.4) is 0 Å². The highest BCUT2D eigenvalue weighted by Gasteiger charge is 2.15. The van der Waals surface area contributed by atoms with Crippen molar-refractivity contribution in [3.63, 3.8) is 0 Å². The first kappa shape index (κ1) is 13.7. The molecule has 0 radical (unpaired) electrons. The summed E-state index contributed by atoms with van der Waals surface area (Å²) in [5.41, 5.74) is 1.77. The molecule has 0 bridgehead atoms. The molecule has 1 aromatic heterocycles. The maximum atomic E-state index is 11.6. The van der Waals surface area contributed by atoms with E-state index in [9.17, 15) is 4.79 Å². The Kier molecular flexibility index (Phi) is 4.69. The molecule has 1 rings (SSSR count). The number of hydrogen-bond acceptors (Lipinski definition) is 4. The predicted molar refractivity (Wildman–Crippen MR) is 68.3 cm³/mol. The van der Waals surface area contributed by atoms with Crippen LogP contribution in [0.2, 0.25) is 5.15 Å². The highest BCUT2D eigenvalue weighted by Crippen LogP contribution is 2.20. The molecular formula is C11H17ClN4O. The molecule has 2 N–H and O–H groups in total. The number of halogens is 1. The summed E-state index contributed by atoms with van der Waals surface area (Å²) >= 11 is 5.85. The zero-order valence-corrected chi connectivity index (χ0v) is 11.2. The average Bonchev–Trinajstić information content (AvgIpc) is 2.30. The molecule has 1 unspecified atom stereocenters. The second-order valence-corrected chi connectivity index (χ2v) is 4.21. The van der Waals surface area contributed by atoms with Crippen molar-refractivity contribution in [2.24, 2.45) is 0 Å². The van der Waals surface area contributed by atoms with Gasteiger partial charge in [0.1, 0.15) is 6.04 Å². The van der Waals surface area contributed by atoms with Crippen LogP contribution < -0.4 is 10.6 Å². The van der Waals surface area contributed by atoms with E-state index in [0.717, 1.165) is 11.1 Å². The van der Waals surface area contributed by atoms with E-state index in [2.05, 4.69) is 20.8 Å². The molecule has 1 aromatic rings. The molecule has 1 heterocycles. The molecule has 0 aliphatic carbocycles. The molecule has 1 amide bonds. The molecule has 0 spiro atoms. The lowest BCUT2D eigenvalue weighted by Gasteiger charge is -2.16. The van der Waals surface area contributed by atoms with E-state index in [4.69, 9.17) is 11.6 Å². The number of rotatable bonds is 4. The third kappa shape index (κ3) is 3.30. The van der Waals surface area contributed by atoms with Gasteiger partial charge in [0.15, 0.2) is 11.0 Å². The highest BCUT2D eigenvalue weighted by atomic mass is 35.5. The van der Waals surface area contributed by atoms with Crippen molar-refractivity contribution < 1.29 is 4.79 Å². The van der Waals surface area contributed by atoms with Crippen molar-refractivity contribution >= 4 is 23.3 Å². The third-order valence-corrected chi connectivity index (χ3v) is 2.92. The fourth-order valence-corrected chi connectivity index (χ4v) is 1.49. The molecule has 0 aromatic carbocycles. The molecule has 17 heavy (non-hydrogen) atoms. The van der Waals surface area contributed by atoms with Gasteiger partial charge in [-0.3, -0.25) is 4.79 Å². The van der Waals surface area contributed by atoms with E-state index in [-0.39, 0.29) is 11.9 Å². The zero-order chi connectivity index (χ0) is 13.0. The number of carbonyl (C=O) groups is 1. The Morgan fingerprint density at radius 1 is 1.35 bits per heavy atom. The number of amides is 1. The molecular weight excluding hydrogens is 240 g/mol. The van der Waals surface area contributed by atoms with Gasteiger partial charge < -0.3 is 10.6 Å². The maximum absolute atomic E-state index is 11.6. The number of nitrogens with one attached hydrogen (secondary N) is 2. The van der Waals surface area contributed by atoms with Crippen LogP contribution in [0.5, 0.6) is 0 Å². The second-order valence-electron chi connectivity index (χ2n) is 3.85. The van der Waals surface area contributed by atoms with E-state index in [0.29, 0.717) is 17.5 Å². The molecule has 6 heteroatoms. The van der Waals surface area contributed by atoms with Gasteiger partial charge in [-0.1, -0.05) is 11.6 Å². The minimum absolute atomic E-state index is 0.0682. The van der Waals surface area contributed by atoms with Crippen LogP contribution in [0.15, 0.2) is 0 Å². The van der Waals surface area contributed by atoms with Gasteiger partial charge in [-0.05, 0) is 38.8 Å². The Balaban J connectivity index is 2.82. The fourth-order valence-electron chi connectivity index (χ4n) is 1.31. The van der Waals surface area contributed by atoms with Crippen molar-refractivity contribution in [1.82, 2.24) is 15.5 Å². The van der Waals surface area contributed by atoms with Gasteiger partial charge in [-0.25, -0.2) is 0 Å². The molecule has 5 nitrogen and oxygen atoms in total. The quantitative estimate of drug-likeness (QED) is 0.860. The first-order valence-electron chi connectivity index (χ1n) is 5.51. The van der Waals surface area contributed by atoms with Crippen LogP contribution in [0, 0.1) is 13.8 Å². The summed E-state index contributed by atoms with van der Waals surface area (Å²) in [4.78, 5) is 11.6. The van der Waals surface area contributed by atoms with Crippen LogP contribution in [0.25, 0.3) is 0 Å². The van der Waals surface area contributed by atoms with Gasteiger partial charge in [-0.2, -0.15) is 0 Å². The number of aromatic nitrogens is 2. The van der Waals surface area contributed by atoms with Gasteiger partial charge in [0.25, 0.3) is 0 Å². The van der Waals surface area contributed by atoms with Crippen molar-refractivity contribution in [3.05, 3.63) is 16.3 Å². The summed E-state index contributed by atoms with van der Waals surface area (Å²) in [6.45, 7) is 8.02. The van der Waals surface area contributed by atoms with E-state index in [1.165, 1.54) is 0 Å². The number of anilines is 1. The standard InChI is InChI=1S/C11H17ClN4O/c1-5-13-11(17)8(4)14-10-7(3)6(2)9(12)15-16-10/h8H,5H2,1-4H3,(H,13,17)(H,14,16). The third-order valence-electron chi connectivity index (χ3n) is 2.56. The Morgan fingerprint density at radius 3 is 2.59 bits per heavy atom. The zero-order valence-electron chi connectivity index (χ0n) is 10.5. The first-order valence-corrected chi connectivity index (χ1v) is 5.88. The smallest absolute Gasteiger partial charge is 0.242 e. The van der Waals surface area contributed by atoms with Gasteiger partial charge in [0.05, 0.1) is 0 Å². The largest absolute Gasteiger partial charge is 0.357 e. The SMILES string of the molecule is CCNC(=O)C(C)Nc1nnc(Cl)c(C)c1C.